The van der Waals surface area contributed by atoms with E-state index in [0.29, 0.717) is 18.2 Å². The molecule has 2 heterocycles. The summed E-state index contributed by atoms with van der Waals surface area (Å²) < 4.78 is 39.7. The van der Waals surface area contributed by atoms with Gasteiger partial charge in [0.15, 0.2) is 6.29 Å². The van der Waals surface area contributed by atoms with E-state index in [2.05, 4.69) is 21.0 Å². The number of hydrogen-bond acceptors (Lipinski definition) is 4. The van der Waals surface area contributed by atoms with E-state index in [9.17, 15) is 22.8 Å². The van der Waals surface area contributed by atoms with Crippen LogP contribution in [0.25, 0.3) is 0 Å². The Morgan fingerprint density at radius 1 is 1.24 bits per heavy atom. The summed E-state index contributed by atoms with van der Waals surface area (Å²) in [5.41, 5.74) is 0.0768. The molecule has 2 fully saturated rings. The minimum Gasteiger partial charge on any atom is -0.322 e. The number of anilines is 1. The van der Waals surface area contributed by atoms with Gasteiger partial charge in [0, 0.05) is 30.0 Å². The molecule has 0 bridgehead atoms. The molecule has 10 heteroatoms. The minimum atomic E-state index is -4.46. The summed E-state index contributed by atoms with van der Waals surface area (Å²) in [4.78, 5) is 24.5. The summed E-state index contributed by atoms with van der Waals surface area (Å²) in [6.45, 7) is 1.87. The minimum absolute atomic E-state index is 0.0687. The Morgan fingerprint density at radius 2 is 1.93 bits per heavy atom. The molecule has 2 aliphatic rings. The predicted molar refractivity (Wildman–Crippen MR) is 98.0 cm³/mol. The zero-order valence-corrected chi connectivity index (χ0v) is 15.6. The zero-order chi connectivity index (χ0) is 20.8. The molecule has 29 heavy (non-hydrogen) atoms. The molecule has 1 aliphatic heterocycles. The first-order valence-electron chi connectivity index (χ1n) is 9.34. The molecule has 4 rings (SSSR count). The molecule has 1 aliphatic carbocycles. The van der Waals surface area contributed by atoms with Gasteiger partial charge in [0.1, 0.15) is 5.82 Å². The number of alkyl halides is 3. The lowest BCUT2D eigenvalue weighted by Crippen LogP contribution is -2.52. The largest absolute Gasteiger partial charge is 0.416 e. The monoisotopic (exact) mass is 407 g/mol. The molecule has 1 saturated carbocycles. The Labute approximate surface area is 164 Å². The van der Waals surface area contributed by atoms with E-state index in [4.69, 9.17) is 0 Å². The molecule has 0 spiro atoms. The van der Waals surface area contributed by atoms with Gasteiger partial charge in [-0.2, -0.15) is 18.3 Å². The standard InChI is InChI=1S/C19H20F3N5O2/c1-10-8-16(28)25-18(23-10)27-15(9-14(26-27)11-2-3-11)24-17(29)12-4-6-13(7-5-12)19(20,21)22/h4-7,9-11,18,23H,2-3,8H2,1H3,(H,24,29)(H,25,28). The average Bonchev–Trinajstić information content (AvgIpc) is 3.41. The van der Waals surface area contributed by atoms with Gasteiger partial charge in [-0.05, 0) is 44.0 Å². The first-order valence-corrected chi connectivity index (χ1v) is 9.34. The van der Waals surface area contributed by atoms with Crippen molar-refractivity contribution >= 4 is 17.6 Å². The fourth-order valence-electron chi connectivity index (χ4n) is 3.27. The van der Waals surface area contributed by atoms with Gasteiger partial charge in [0.25, 0.3) is 5.91 Å². The third-order valence-electron chi connectivity index (χ3n) is 4.94. The first-order chi connectivity index (χ1) is 13.7. The van der Waals surface area contributed by atoms with Crippen LogP contribution >= 0.6 is 0 Å². The highest BCUT2D eigenvalue weighted by Gasteiger charge is 2.32. The number of amides is 2. The second-order valence-electron chi connectivity index (χ2n) is 7.44. The average molecular weight is 407 g/mol. The summed E-state index contributed by atoms with van der Waals surface area (Å²) in [5, 5.41) is 13.2. The Bertz CT molecular complexity index is 934. The van der Waals surface area contributed by atoms with Crippen molar-refractivity contribution in [3.8, 4) is 0 Å². The van der Waals surface area contributed by atoms with E-state index in [-0.39, 0.29) is 17.5 Å². The highest BCUT2D eigenvalue weighted by atomic mass is 19.4. The maximum atomic E-state index is 12.7. The Kier molecular flexibility index (Phi) is 4.81. The van der Waals surface area contributed by atoms with Crippen molar-refractivity contribution in [1.29, 1.82) is 0 Å². The number of hydrogen-bond donors (Lipinski definition) is 3. The number of carbonyl (C=O) groups excluding carboxylic acids is 2. The maximum absolute atomic E-state index is 12.7. The third kappa shape index (κ3) is 4.26. The number of aromatic nitrogens is 2. The molecule has 2 amide bonds. The van der Waals surface area contributed by atoms with Crippen molar-refractivity contribution in [2.24, 2.45) is 0 Å². The number of nitrogens with zero attached hydrogens (tertiary/aromatic N) is 2. The van der Waals surface area contributed by atoms with Crippen LogP contribution in [-0.2, 0) is 11.0 Å². The second-order valence-corrected chi connectivity index (χ2v) is 7.44. The molecular formula is C19H20F3N5O2. The lowest BCUT2D eigenvalue weighted by molar-refractivity contribution is -0.137. The van der Waals surface area contributed by atoms with Gasteiger partial charge in [-0.15, -0.1) is 0 Å². The van der Waals surface area contributed by atoms with Gasteiger partial charge in [-0.1, -0.05) is 0 Å². The van der Waals surface area contributed by atoms with E-state index in [1.54, 1.807) is 6.07 Å². The smallest absolute Gasteiger partial charge is 0.322 e. The highest BCUT2D eigenvalue weighted by molar-refractivity contribution is 6.03. The molecule has 1 aromatic carbocycles. The van der Waals surface area contributed by atoms with Crippen LogP contribution in [0.5, 0.6) is 0 Å². The molecule has 2 atom stereocenters. The third-order valence-corrected chi connectivity index (χ3v) is 4.94. The summed E-state index contributed by atoms with van der Waals surface area (Å²) in [6.07, 6.45) is -2.75. The normalized spacial score (nSPS) is 22.3. The van der Waals surface area contributed by atoms with Crippen molar-refractivity contribution in [1.82, 2.24) is 20.4 Å². The van der Waals surface area contributed by atoms with Crippen LogP contribution in [0.3, 0.4) is 0 Å². The van der Waals surface area contributed by atoms with Crippen LogP contribution in [0.1, 0.15) is 60.0 Å². The molecule has 2 unspecified atom stereocenters. The van der Waals surface area contributed by atoms with Crippen molar-refractivity contribution in [3.05, 3.63) is 47.2 Å². The fraction of sp³-hybridized carbons (Fsp3) is 0.421. The number of nitrogens with one attached hydrogen (secondary N) is 3. The molecule has 154 valence electrons. The number of rotatable bonds is 4. The van der Waals surface area contributed by atoms with Crippen molar-refractivity contribution in [2.75, 3.05) is 5.32 Å². The Hall–Kier alpha value is -2.88. The molecular weight excluding hydrogens is 387 g/mol. The van der Waals surface area contributed by atoms with Gasteiger partial charge in [-0.25, -0.2) is 4.68 Å². The van der Waals surface area contributed by atoms with Crippen molar-refractivity contribution < 1.29 is 22.8 Å². The van der Waals surface area contributed by atoms with Crippen LogP contribution in [0.2, 0.25) is 0 Å². The molecule has 7 nitrogen and oxygen atoms in total. The maximum Gasteiger partial charge on any atom is 0.416 e. The zero-order valence-electron chi connectivity index (χ0n) is 15.6. The molecule has 1 saturated heterocycles. The Balaban J connectivity index is 1.57. The van der Waals surface area contributed by atoms with Gasteiger partial charge in [0.2, 0.25) is 5.91 Å². The fourth-order valence-corrected chi connectivity index (χ4v) is 3.27. The molecule has 1 aromatic heterocycles. The van der Waals surface area contributed by atoms with Crippen LogP contribution < -0.4 is 16.0 Å². The van der Waals surface area contributed by atoms with E-state index in [1.807, 2.05) is 6.92 Å². The van der Waals surface area contributed by atoms with Gasteiger partial charge in [0.05, 0.1) is 11.3 Å². The van der Waals surface area contributed by atoms with Gasteiger partial charge >= 0.3 is 6.18 Å². The Morgan fingerprint density at radius 3 is 2.52 bits per heavy atom. The predicted octanol–water partition coefficient (Wildman–Crippen LogP) is 2.99. The topological polar surface area (TPSA) is 88.1 Å². The lowest BCUT2D eigenvalue weighted by Gasteiger charge is -2.30. The van der Waals surface area contributed by atoms with E-state index < -0.39 is 23.9 Å². The van der Waals surface area contributed by atoms with Crippen molar-refractivity contribution in [2.45, 2.75) is 50.6 Å². The summed E-state index contributed by atoms with van der Waals surface area (Å²) in [7, 11) is 0. The molecule has 0 radical (unpaired) electrons. The number of halogens is 3. The molecule has 2 aromatic rings. The SMILES string of the molecule is CC1CC(=O)NC(n2nc(C3CC3)cc2NC(=O)c2ccc(C(F)(F)F)cc2)N1. The van der Waals surface area contributed by atoms with Crippen molar-refractivity contribution in [3.63, 3.8) is 0 Å². The first kappa shape index (κ1) is 19.4. The quantitative estimate of drug-likeness (QED) is 0.727. The second kappa shape index (κ2) is 7.18. The molecule has 3 N–H and O–H groups in total. The van der Waals surface area contributed by atoms with E-state index >= 15 is 0 Å². The van der Waals surface area contributed by atoms with Crippen LogP contribution in [0, 0.1) is 0 Å². The summed E-state index contributed by atoms with van der Waals surface area (Å²) in [6, 6.07) is 5.67. The summed E-state index contributed by atoms with van der Waals surface area (Å²) in [5.74, 6) is -0.0134. The lowest BCUT2D eigenvalue weighted by atomic mass is 10.1. The number of benzene rings is 1. The summed E-state index contributed by atoms with van der Waals surface area (Å²) >= 11 is 0. The number of carbonyl (C=O) groups is 2. The van der Waals surface area contributed by atoms with Gasteiger partial charge in [-0.3, -0.25) is 14.9 Å². The van der Waals surface area contributed by atoms with E-state index in [0.717, 1.165) is 42.8 Å². The van der Waals surface area contributed by atoms with Crippen LogP contribution in [0.15, 0.2) is 30.3 Å². The van der Waals surface area contributed by atoms with Crippen LogP contribution in [0.4, 0.5) is 19.0 Å². The highest BCUT2D eigenvalue weighted by Crippen LogP contribution is 2.40. The van der Waals surface area contributed by atoms with E-state index in [1.165, 1.54) is 4.68 Å². The van der Waals surface area contributed by atoms with Gasteiger partial charge < -0.3 is 10.6 Å². The van der Waals surface area contributed by atoms with Crippen LogP contribution in [-0.4, -0.2) is 27.6 Å².